The fraction of sp³-hybridized carbons (Fsp3) is 0.600. The van der Waals surface area contributed by atoms with Crippen LogP contribution in [0.4, 0.5) is 0 Å². The van der Waals surface area contributed by atoms with Crippen molar-refractivity contribution in [3.63, 3.8) is 0 Å². The van der Waals surface area contributed by atoms with Crippen LogP contribution in [-0.2, 0) is 0 Å². The quantitative estimate of drug-likeness (QED) is 0.480. The van der Waals surface area contributed by atoms with Crippen LogP contribution in [0.1, 0.15) is 47.0 Å². The van der Waals surface area contributed by atoms with Gasteiger partial charge in [-0.05, 0) is 44.1 Å². The Morgan fingerprint density at radius 2 is 2.12 bits per heavy atom. The van der Waals surface area contributed by atoms with Gasteiger partial charge >= 0.3 is 0 Å². The molecule has 16 heavy (non-hydrogen) atoms. The molecular formula is C15H23Br. The maximum Gasteiger partial charge on any atom is 0.0217 e. The summed E-state index contributed by atoms with van der Waals surface area (Å²) in [4.78, 5) is 0. The molecule has 0 amide bonds. The lowest BCUT2D eigenvalue weighted by Gasteiger charge is -2.32. The summed E-state index contributed by atoms with van der Waals surface area (Å²) in [5.74, 6) is 0. The fourth-order valence-corrected chi connectivity index (χ4v) is 2.93. The molecule has 0 unspecified atom stereocenters. The number of alkyl halides is 1. The van der Waals surface area contributed by atoms with Crippen molar-refractivity contribution in [2.75, 3.05) is 5.33 Å². The second-order valence-corrected chi connectivity index (χ2v) is 6.01. The highest BCUT2D eigenvalue weighted by atomic mass is 79.9. The van der Waals surface area contributed by atoms with Gasteiger partial charge < -0.3 is 0 Å². The number of halogens is 1. The predicted octanol–water partition coefficient (Wildman–Crippen LogP) is 5.41. The molecule has 90 valence electrons. The molecule has 1 rings (SSSR count). The smallest absolute Gasteiger partial charge is 0.0217 e. The molecule has 1 aliphatic rings. The van der Waals surface area contributed by atoms with Gasteiger partial charge in [-0.25, -0.2) is 0 Å². The van der Waals surface area contributed by atoms with E-state index in [9.17, 15) is 0 Å². The highest BCUT2D eigenvalue weighted by Crippen LogP contribution is 2.40. The van der Waals surface area contributed by atoms with E-state index >= 15 is 0 Å². The molecule has 0 aromatic carbocycles. The zero-order chi connectivity index (χ0) is 12.2. The Balaban J connectivity index is 2.89. The van der Waals surface area contributed by atoms with E-state index in [0.29, 0.717) is 5.41 Å². The van der Waals surface area contributed by atoms with Gasteiger partial charge in [-0.2, -0.15) is 0 Å². The predicted molar refractivity (Wildman–Crippen MR) is 77.0 cm³/mol. The zero-order valence-electron chi connectivity index (χ0n) is 10.9. The maximum atomic E-state index is 3.43. The van der Waals surface area contributed by atoms with Crippen molar-refractivity contribution in [3.8, 4) is 0 Å². The number of hydrogen-bond acceptors (Lipinski definition) is 0. The Hall–Kier alpha value is -0.300. The monoisotopic (exact) mass is 282 g/mol. The molecule has 0 saturated heterocycles. The third-order valence-corrected chi connectivity index (χ3v) is 3.78. The van der Waals surface area contributed by atoms with Crippen LogP contribution in [0.15, 0.2) is 34.9 Å². The molecule has 0 saturated carbocycles. The van der Waals surface area contributed by atoms with Crippen LogP contribution in [0.5, 0.6) is 0 Å². The third-order valence-electron chi connectivity index (χ3n) is 3.45. The summed E-state index contributed by atoms with van der Waals surface area (Å²) in [5, 5.41) is 0.935. The van der Waals surface area contributed by atoms with Gasteiger partial charge in [0.2, 0.25) is 0 Å². The van der Waals surface area contributed by atoms with Crippen molar-refractivity contribution >= 4 is 15.9 Å². The largest absolute Gasteiger partial charge is 0.0883 e. The third kappa shape index (κ3) is 3.62. The van der Waals surface area contributed by atoms with Crippen LogP contribution in [0.25, 0.3) is 0 Å². The molecule has 1 heteroatoms. The number of hydrogen-bond donors (Lipinski definition) is 0. The first-order valence-corrected chi connectivity index (χ1v) is 7.20. The molecule has 0 spiro atoms. The summed E-state index contributed by atoms with van der Waals surface area (Å²) in [5.41, 5.74) is 4.80. The second kappa shape index (κ2) is 5.86. The zero-order valence-corrected chi connectivity index (χ0v) is 12.5. The molecule has 0 aliphatic heterocycles. The first-order valence-electron chi connectivity index (χ1n) is 6.08. The molecule has 0 nitrogen and oxygen atoms in total. The van der Waals surface area contributed by atoms with E-state index in [1.54, 1.807) is 11.1 Å². The lowest BCUT2D eigenvalue weighted by atomic mass is 9.72. The summed E-state index contributed by atoms with van der Waals surface area (Å²) < 4.78 is 0. The van der Waals surface area contributed by atoms with E-state index < -0.39 is 0 Å². The molecule has 0 N–H and O–H groups in total. The summed E-state index contributed by atoms with van der Waals surface area (Å²) in [6.45, 7) is 9.16. The average Bonchev–Trinajstić information content (AvgIpc) is 2.16. The van der Waals surface area contributed by atoms with Crippen LogP contribution in [0.3, 0.4) is 0 Å². The van der Waals surface area contributed by atoms with Crippen LogP contribution < -0.4 is 0 Å². The molecule has 0 fully saturated rings. The van der Waals surface area contributed by atoms with Crippen molar-refractivity contribution in [2.45, 2.75) is 47.0 Å². The van der Waals surface area contributed by atoms with Gasteiger partial charge in [0.15, 0.2) is 0 Å². The van der Waals surface area contributed by atoms with Crippen molar-refractivity contribution in [3.05, 3.63) is 34.9 Å². The van der Waals surface area contributed by atoms with Crippen molar-refractivity contribution in [1.82, 2.24) is 0 Å². The van der Waals surface area contributed by atoms with E-state index in [1.807, 2.05) is 0 Å². The molecule has 1 aliphatic carbocycles. The molecule has 0 aromatic rings. The Morgan fingerprint density at radius 3 is 2.69 bits per heavy atom. The van der Waals surface area contributed by atoms with Gasteiger partial charge in [-0.1, -0.05) is 59.2 Å². The highest BCUT2D eigenvalue weighted by molar-refractivity contribution is 9.09. The van der Waals surface area contributed by atoms with Crippen LogP contribution in [0.2, 0.25) is 0 Å². The Morgan fingerprint density at radius 1 is 1.44 bits per heavy atom. The minimum Gasteiger partial charge on any atom is -0.0883 e. The van der Waals surface area contributed by atoms with E-state index in [1.165, 1.54) is 24.8 Å². The molecule has 0 bridgehead atoms. The van der Waals surface area contributed by atoms with Gasteiger partial charge in [0.05, 0.1) is 0 Å². The van der Waals surface area contributed by atoms with Crippen LogP contribution in [-0.4, -0.2) is 5.33 Å². The molecule has 0 heterocycles. The summed E-state index contributed by atoms with van der Waals surface area (Å²) >= 11 is 3.43. The van der Waals surface area contributed by atoms with Gasteiger partial charge in [0.1, 0.15) is 0 Å². The fourth-order valence-electron chi connectivity index (χ4n) is 2.41. The lowest BCUT2D eigenvalue weighted by Crippen LogP contribution is -2.19. The highest BCUT2D eigenvalue weighted by Gasteiger charge is 2.26. The number of allylic oxidation sites excluding steroid dienone is 6. The van der Waals surface area contributed by atoms with Gasteiger partial charge in [0, 0.05) is 5.33 Å². The van der Waals surface area contributed by atoms with Gasteiger partial charge in [0.25, 0.3) is 0 Å². The molecule has 0 atom stereocenters. The normalized spacial score (nSPS) is 21.9. The Labute approximate surface area is 109 Å². The molecule has 0 aromatic heterocycles. The minimum absolute atomic E-state index is 0.355. The van der Waals surface area contributed by atoms with Crippen LogP contribution in [0, 0.1) is 5.41 Å². The van der Waals surface area contributed by atoms with Gasteiger partial charge in [-0.15, -0.1) is 0 Å². The van der Waals surface area contributed by atoms with E-state index in [0.717, 1.165) is 5.33 Å². The maximum absolute atomic E-state index is 3.43. The number of rotatable bonds is 3. The molecule has 0 radical (unpaired) electrons. The minimum atomic E-state index is 0.355. The average molecular weight is 283 g/mol. The lowest BCUT2D eigenvalue weighted by molar-refractivity contribution is 0.377. The summed E-state index contributed by atoms with van der Waals surface area (Å²) in [6.07, 6.45) is 10.7. The van der Waals surface area contributed by atoms with Gasteiger partial charge in [-0.3, -0.25) is 0 Å². The van der Waals surface area contributed by atoms with Crippen molar-refractivity contribution in [2.24, 2.45) is 5.41 Å². The summed E-state index contributed by atoms with van der Waals surface area (Å²) in [6, 6.07) is 0. The van der Waals surface area contributed by atoms with E-state index in [4.69, 9.17) is 0 Å². The topological polar surface area (TPSA) is 0 Å². The second-order valence-electron chi connectivity index (χ2n) is 5.37. The standard InChI is InChI=1S/C15H23Br/c1-12(9-11-16)7-8-14-13(2)6-5-10-15(14,3)4/h7-9H,5-6,10-11H2,1-4H3. The van der Waals surface area contributed by atoms with E-state index in [2.05, 4.69) is 61.9 Å². The van der Waals surface area contributed by atoms with E-state index in [-0.39, 0.29) is 0 Å². The first kappa shape index (κ1) is 13.8. The van der Waals surface area contributed by atoms with Crippen molar-refractivity contribution in [1.29, 1.82) is 0 Å². The Bertz CT molecular complexity index is 329. The van der Waals surface area contributed by atoms with Crippen molar-refractivity contribution < 1.29 is 0 Å². The van der Waals surface area contributed by atoms with Crippen LogP contribution >= 0.6 is 15.9 Å². The molecular weight excluding hydrogens is 260 g/mol. The Kier molecular flexibility index (Phi) is 5.04. The summed E-state index contributed by atoms with van der Waals surface area (Å²) in [7, 11) is 0. The SMILES string of the molecule is CC(C=CC1=C(C)CCCC1(C)C)=CCBr. The first-order chi connectivity index (χ1) is 7.47.